The van der Waals surface area contributed by atoms with E-state index in [-0.39, 0.29) is 28.0 Å². The predicted octanol–water partition coefficient (Wildman–Crippen LogP) is -1.29. The van der Waals surface area contributed by atoms with Gasteiger partial charge in [-0.25, -0.2) is 0 Å². The first-order valence-electron chi connectivity index (χ1n) is 7.55. The number of aliphatic hydroxyl groups is 2. The normalized spacial score (nSPS) is 23.5. The van der Waals surface area contributed by atoms with Gasteiger partial charge < -0.3 is 0 Å². The summed E-state index contributed by atoms with van der Waals surface area (Å²) in [4.78, 5) is 26.4. The maximum atomic E-state index is 12.0. The third-order valence-electron chi connectivity index (χ3n) is 3.87. The Morgan fingerprint density at radius 3 is 2.71 bits per heavy atom. The number of hydrogen-bond donors (Lipinski definition) is 3. The van der Waals surface area contributed by atoms with E-state index in [1.165, 1.54) is 10.8 Å². The number of aromatic nitrogens is 2. The fourth-order valence-electron chi connectivity index (χ4n) is 2.57. The molecule has 8 heteroatoms. The first-order chi connectivity index (χ1) is 11.6. The number of hydrogen-bond acceptors (Lipinski definition) is 5. The zero-order valence-corrected chi connectivity index (χ0v) is 14.5. The van der Waals surface area contributed by atoms with Crippen LogP contribution in [0, 0.1) is 0 Å². The van der Waals surface area contributed by atoms with Crippen molar-refractivity contribution in [2.45, 2.75) is 30.2 Å². The number of ether oxygens (including phenoxy) is 1. The second-order valence-corrected chi connectivity index (χ2v) is 7.74. The van der Waals surface area contributed by atoms with E-state index < -0.39 is 29.7 Å². The van der Waals surface area contributed by atoms with Gasteiger partial charge in [-0.1, -0.05) is 0 Å². The third kappa shape index (κ3) is 3.68. The number of rotatable bonds is 5. The first-order valence-corrected chi connectivity index (χ1v) is 9.62. The summed E-state index contributed by atoms with van der Waals surface area (Å²) in [6.07, 6.45) is -0.546. The zero-order valence-electron chi connectivity index (χ0n) is 12.8. The van der Waals surface area contributed by atoms with Crippen molar-refractivity contribution >= 4 is 19.4 Å². The molecule has 3 rings (SSSR count). The fraction of sp³-hybridized carbons (Fsp3) is 0.375. The van der Waals surface area contributed by atoms with Crippen LogP contribution >= 0.6 is 0 Å². The van der Waals surface area contributed by atoms with E-state index in [0.717, 1.165) is 4.46 Å². The van der Waals surface area contributed by atoms with E-state index in [0.29, 0.717) is 10.9 Å². The van der Waals surface area contributed by atoms with Gasteiger partial charge in [0.15, 0.2) is 0 Å². The average Bonchev–Trinajstić information content (AvgIpc) is 2.95. The summed E-state index contributed by atoms with van der Waals surface area (Å²) in [7, 11) is 0. The van der Waals surface area contributed by atoms with Crippen LogP contribution in [0.4, 0.5) is 0 Å². The molecular weight excluding hydrogens is 379 g/mol. The number of nitrogens with zero attached hydrogens (tertiary/aromatic N) is 1. The van der Waals surface area contributed by atoms with Gasteiger partial charge in [0.25, 0.3) is 0 Å². The molecule has 1 aliphatic rings. The van der Waals surface area contributed by atoms with E-state index in [2.05, 4.69) is 4.98 Å². The molecule has 0 aliphatic carbocycles. The van der Waals surface area contributed by atoms with Crippen LogP contribution in [0.25, 0.3) is 0 Å². The molecule has 1 fully saturated rings. The van der Waals surface area contributed by atoms with Gasteiger partial charge in [0.2, 0.25) is 0 Å². The molecule has 0 saturated carbocycles. The van der Waals surface area contributed by atoms with Crippen molar-refractivity contribution in [3.8, 4) is 0 Å². The maximum absolute atomic E-state index is 12.0. The third-order valence-corrected chi connectivity index (χ3v) is 6.10. The topological polar surface area (TPSA) is 105 Å². The summed E-state index contributed by atoms with van der Waals surface area (Å²) in [5, 5.41) is 19.5. The number of benzene rings is 1. The molecule has 0 radical (unpaired) electrons. The molecule has 3 atom stereocenters. The van der Waals surface area contributed by atoms with Crippen molar-refractivity contribution in [2.24, 2.45) is 0 Å². The molecule has 1 aromatic heterocycles. The summed E-state index contributed by atoms with van der Waals surface area (Å²) in [6.45, 7) is -0.320. The van der Waals surface area contributed by atoms with Gasteiger partial charge in [-0.05, 0) is 0 Å². The molecule has 7 nitrogen and oxygen atoms in total. The average molecular weight is 397 g/mol. The van der Waals surface area contributed by atoms with Crippen LogP contribution in [0.2, 0.25) is 0 Å². The second kappa shape index (κ2) is 7.46. The van der Waals surface area contributed by atoms with Crippen molar-refractivity contribution in [1.29, 1.82) is 0 Å². The van der Waals surface area contributed by atoms with Crippen LogP contribution in [0.5, 0.6) is 0 Å². The minimum atomic E-state index is -0.837. The van der Waals surface area contributed by atoms with Gasteiger partial charge in [0.05, 0.1) is 0 Å². The Labute approximate surface area is 144 Å². The van der Waals surface area contributed by atoms with Crippen LogP contribution < -0.4 is 15.7 Å². The van der Waals surface area contributed by atoms with Gasteiger partial charge in [0.1, 0.15) is 0 Å². The molecule has 3 N–H and O–H groups in total. The van der Waals surface area contributed by atoms with Crippen LogP contribution in [0.3, 0.4) is 0 Å². The van der Waals surface area contributed by atoms with Gasteiger partial charge in [-0.15, -0.1) is 0 Å². The van der Waals surface area contributed by atoms with Gasteiger partial charge in [0, 0.05) is 0 Å². The zero-order chi connectivity index (χ0) is 17.1. The fourth-order valence-corrected chi connectivity index (χ4v) is 4.41. The molecular formula is C16H18N2O5Se. The van der Waals surface area contributed by atoms with Gasteiger partial charge >= 0.3 is 144 Å². The van der Waals surface area contributed by atoms with E-state index in [4.69, 9.17) is 9.84 Å². The Morgan fingerprint density at radius 2 is 2.04 bits per heavy atom. The molecule has 1 unspecified atom stereocenters. The summed E-state index contributed by atoms with van der Waals surface area (Å²) in [5.74, 6) is 0. The van der Waals surface area contributed by atoms with E-state index in [9.17, 15) is 14.7 Å². The Morgan fingerprint density at radius 1 is 1.29 bits per heavy atom. The number of aliphatic hydroxyl groups excluding tert-OH is 2. The molecule has 2 aromatic rings. The van der Waals surface area contributed by atoms with Crippen molar-refractivity contribution in [3.05, 3.63) is 62.9 Å². The van der Waals surface area contributed by atoms with Gasteiger partial charge in [-0.3, -0.25) is 0 Å². The predicted molar refractivity (Wildman–Crippen MR) is 88.5 cm³/mol. The Kier molecular flexibility index (Phi) is 5.33. The van der Waals surface area contributed by atoms with Crippen LogP contribution in [-0.2, 0) is 10.1 Å². The SMILES string of the molecule is O=c1[nH]c(=O)n([C@@H]2CC(O)[C@H](CO)O2)cc1C[Se]c1ccccc1. The Hall–Kier alpha value is -1.70. The van der Waals surface area contributed by atoms with E-state index in [1.807, 2.05) is 30.3 Å². The van der Waals surface area contributed by atoms with Crippen molar-refractivity contribution < 1.29 is 14.9 Å². The standard InChI is InChI=1S/C16H18N2O5Se/c19-8-13-12(20)6-14(23-13)18-7-10(15(21)17-16(18)22)9-24-11-4-2-1-3-5-11/h1-5,7,12-14,19-20H,6,8-9H2,(H,17,21,22)/t12?,13-,14-/m0/s1. The van der Waals surface area contributed by atoms with Crippen molar-refractivity contribution in [2.75, 3.05) is 6.61 Å². The number of H-pyrrole nitrogens is 1. The van der Waals surface area contributed by atoms with Crippen LogP contribution in [-0.4, -0.2) is 53.5 Å². The van der Waals surface area contributed by atoms with E-state index in [1.54, 1.807) is 0 Å². The van der Waals surface area contributed by atoms with Crippen LogP contribution in [0.15, 0.2) is 46.1 Å². The van der Waals surface area contributed by atoms with Gasteiger partial charge in [-0.2, -0.15) is 0 Å². The molecule has 0 spiro atoms. The molecule has 1 aromatic carbocycles. The summed E-state index contributed by atoms with van der Waals surface area (Å²) < 4.78 is 7.94. The van der Waals surface area contributed by atoms with Crippen molar-refractivity contribution in [1.82, 2.24) is 9.55 Å². The first kappa shape index (κ1) is 17.1. The molecule has 1 aliphatic heterocycles. The molecule has 1 saturated heterocycles. The molecule has 24 heavy (non-hydrogen) atoms. The molecule has 0 bridgehead atoms. The van der Waals surface area contributed by atoms with Crippen LogP contribution in [0.1, 0.15) is 18.2 Å². The summed E-state index contributed by atoms with van der Waals surface area (Å²) in [5.41, 5.74) is -0.470. The second-order valence-electron chi connectivity index (χ2n) is 5.54. The Balaban J connectivity index is 1.81. The van der Waals surface area contributed by atoms with E-state index >= 15 is 0 Å². The number of aromatic amines is 1. The quantitative estimate of drug-likeness (QED) is 0.545. The monoisotopic (exact) mass is 398 g/mol. The van der Waals surface area contributed by atoms with Crippen molar-refractivity contribution in [3.63, 3.8) is 0 Å². The molecule has 2 heterocycles. The summed E-state index contributed by atoms with van der Waals surface area (Å²) >= 11 is 0.0696. The molecule has 128 valence electrons. The Bertz CT molecular complexity index is 804. The number of nitrogens with one attached hydrogen (secondary N) is 1. The minimum absolute atomic E-state index is 0.0696. The molecule has 0 amide bonds. The summed E-state index contributed by atoms with van der Waals surface area (Å²) in [6, 6.07) is 9.85.